The maximum atomic E-state index is 11.1. The molecule has 0 aliphatic rings. The van der Waals surface area contributed by atoms with Gasteiger partial charge in [0.05, 0.1) is 6.04 Å². The largest absolute Gasteiger partial charge is 0.355 e. The molecule has 3 nitrogen and oxygen atoms in total. The van der Waals surface area contributed by atoms with E-state index in [0.717, 1.165) is 13.0 Å². The highest BCUT2D eigenvalue weighted by Crippen LogP contribution is 1.92. The number of hydrogen-bond donors (Lipinski definition) is 2. The van der Waals surface area contributed by atoms with Gasteiger partial charge in [0.2, 0.25) is 5.91 Å². The molecule has 3 heteroatoms. The SMILES string of the molecule is CCCCCNC(=O)[C@H](N)CC. The Labute approximate surface area is 74.7 Å². The highest BCUT2D eigenvalue weighted by Gasteiger charge is 2.08. The molecule has 0 aromatic carbocycles. The first kappa shape index (κ1) is 11.4. The van der Waals surface area contributed by atoms with E-state index in [1.807, 2.05) is 6.92 Å². The Morgan fingerprint density at radius 2 is 2.08 bits per heavy atom. The fourth-order valence-electron chi connectivity index (χ4n) is 0.903. The first-order chi connectivity index (χ1) is 5.72. The summed E-state index contributed by atoms with van der Waals surface area (Å²) in [7, 11) is 0. The van der Waals surface area contributed by atoms with E-state index in [4.69, 9.17) is 5.73 Å². The average molecular weight is 172 g/mol. The van der Waals surface area contributed by atoms with Crippen molar-refractivity contribution < 1.29 is 4.79 Å². The highest BCUT2D eigenvalue weighted by molar-refractivity contribution is 5.81. The lowest BCUT2D eigenvalue weighted by Crippen LogP contribution is -2.40. The second-order valence-corrected chi connectivity index (χ2v) is 3.01. The molecule has 3 N–H and O–H groups in total. The number of unbranched alkanes of at least 4 members (excludes halogenated alkanes) is 2. The number of nitrogens with one attached hydrogen (secondary N) is 1. The number of hydrogen-bond acceptors (Lipinski definition) is 2. The van der Waals surface area contributed by atoms with Crippen molar-refractivity contribution in [2.24, 2.45) is 5.73 Å². The molecule has 12 heavy (non-hydrogen) atoms. The van der Waals surface area contributed by atoms with Crippen LogP contribution in [-0.2, 0) is 4.79 Å². The quantitative estimate of drug-likeness (QED) is 0.588. The molecule has 0 spiro atoms. The molecule has 0 aliphatic carbocycles. The van der Waals surface area contributed by atoms with Gasteiger partial charge in [-0.1, -0.05) is 26.7 Å². The van der Waals surface area contributed by atoms with Crippen LogP contribution < -0.4 is 11.1 Å². The van der Waals surface area contributed by atoms with Gasteiger partial charge >= 0.3 is 0 Å². The normalized spacial score (nSPS) is 12.6. The molecule has 0 fully saturated rings. The van der Waals surface area contributed by atoms with Crippen LogP contribution in [0.5, 0.6) is 0 Å². The lowest BCUT2D eigenvalue weighted by atomic mass is 10.2. The van der Waals surface area contributed by atoms with Crippen LogP contribution in [0.3, 0.4) is 0 Å². The monoisotopic (exact) mass is 172 g/mol. The molecular formula is C9H20N2O. The zero-order chi connectivity index (χ0) is 9.40. The van der Waals surface area contributed by atoms with Crippen LogP contribution in [0, 0.1) is 0 Å². The number of rotatable bonds is 6. The Bertz CT molecular complexity index is 126. The molecule has 72 valence electrons. The minimum atomic E-state index is -0.327. The number of nitrogens with two attached hydrogens (primary N) is 1. The van der Waals surface area contributed by atoms with Crippen molar-refractivity contribution >= 4 is 5.91 Å². The second-order valence-electron chi connectivity index (χ2n) is 3.01. The zero-order valence-electron chi connectivity index (χ0n) is 8.10. The highest BCUT2D eigenvalue weighted by atomic mass is 16.2. The maximum absolute atomic E-state index is 11.1. The third kappa shape index (κ3) is 5.13. The molecule has 0 rings (SSSR count). The Hall–Kier alpha value is -0.570. The summed E-state index contributed by atoms with van der Waals surface area (Å²) in [4.78, 5) is 11.1. The van der Waals surface area contributed by atoms with Gasteiger partial charge in [-0.05, 0) is 12.8 Å². The van der Waals surface area contributed by atoms with Crippen molar-refractivity contribution in [2.75, 3.05) is 6.54 Å². The van der Waals surface area contributed by atoms with Crippen molar-refractivity contribution in [3.05, 3.63) is 0 Å². The maximum Gasteiger partial charge on any atom is 0.236 e. The van der Waals surface area contributed by atoms with Crippen LogP contribution in [0.1, 0.15) is 39.5 Å². The Morgan fingerprint density at radius 1 is 1.42 bits per heavy atom. The molecule has 0 saturated carbocycles. The molecule has 0 bridgehead atoms. The van der Waals surface area contributed by atoms with Crippen LogP contribution in [0.15, 0.2) is 0 Å². The van der Waals surface area contributed by atoms with Crippen LogP contribution >= 0.6 is 0 Å². The molecule has 0 radical (unpaired) electrons. The van der Waals surface area contributed by atoms with Gasteiger partial charge in [0, 0.05) is 6.54 Å². The zero-order valence-corrected chi connectivity index (χ0v) is 8.10. The van der Waals surface area contributed by atoms with Gasteiger partial charge in [0.25, 0.3) is 0 Å². The topological polar surface area (TPSA) is 55.1 Å². The van der Waals surface area contributed by atoms with Gasteiger partial charge in [-0.2, -0.15) is 0 Å². The molecular weight excluding hydrogens is 152 g/mol. The van der Waals surface area contributed by atoms with Crippen LogP contribution in [0.4, 0.5) is 0 Å². The minimum Gasteiger partial charge on any atom is -0.355 e. The van der Waals surface area contributed by atoms with Gasteiger partial charge in [-0.15, -0.1) is 0 Å². The molecule has 1 atom stereocenters. The van der Waals surface area contributed by atoms with Gasteiger partial charge in [0.1, 0.15) is 0 Å². The van der Waals surface area contributed by atoms with Crippen molar-refractivity contribution in [3.8, 4) is 0 Å². The predicted molar refractivity (Wildman–Crippen MR) is 50.8 cm³/mol. The predicted octanol–water partition coefficient (Wildman–Crippen LogP) is 1.03. The van der Waals surface area contributed by atoms with E-state index in [1.165, 1.54) is 12.8 Å². The standard InChI is InChI=1S/C9H20N2O/c1-3-5-6-7-11-9(12)8(10)4-2/h8H,3-7,10H2,1-2H3,(H,11,12)/t8-/m1/s1. The van der Waals surface area contributed by atoms with E-state index >= 15 is 0 Å². The van der Waals surface area contributed by atoms with Crippen molar-refractivity contribution in [1.82, 2.24) is 5.32 Å². The number of carbonyl (C=O) groups is 1. The molecule has 0 saturated heterocycles. The first-order valence-electron chi connectivity index (χ1n) is 4.75. The summed E-state index contributed by atoms with van der Waals surface area (Å²) in [6, 6.07) is -0.327. The molecule has 0 heterocycles. The van der Waals surface area contributed by atoms with E-state index in [2.05, 4.69) is 12.2 Å². The van der Waals surface area contributed by atoms with Crippen molar-refractivity contribution in [2.45, 2.75) is 45.6 Å². The van der Waals surface area contributed by atoms with E-state index in [1.54, 1.807) is 0 Å². The van der Waals surface area contributed by atoms with Crippen LogP contribution in [0.2, 0.25) is 0 Å². The summed E-state index contributed by atoms with van der Waals surface area (Å²) < 4.78 is 0. The van der Waals surface area contributed by atoms with Crippen LogP contribution in [-0.4, -0.2) is 18.5 Å². The molecule has 0 aliphatic heterocycles. The molecule has 0 aromatic rings. The van der Waals surface area contributed by atoms with E-state index in [-0.39, 0.29) is 11.9 Å². The Kier molecular flexibility index (Phi) is 6.76. The summed E-state index contributed by atoms with van der Waals surface area (Å²) in [5.41, 5.74) is 5.52. The van der Waals surface area contributed by atoms with Gasteiger partial charge < -0.3 is 11.1 Å². The lowest BCUT2D eigenvalue weighted by Gasteiger charge is -2.09. The summed E-state index contributed by atoms with van der Waals surface area (Å²) in [6.45, 7) is 4.82. The van der Waals surface area contributed by atoms with Gasteiger partial charge in [0.15, 0.2) is 0 Å². The number of amides is 1. The average Bonchev–Trinajstić information content (AvgIpc) is 2.10. The van der Waals surface area contributed by atoms with Crippen LogP contribution in [0.25, 0.3) is 0 Å². The summed E-state index contributed by atoms with van der Waals surface area (Å²) >= 11 is 0. The molecule has 1 amide bonds. The summed E-state index contributed by atoms with van der Waals surface area (Å²) in [5, 5.41) is 2.80. The third-order valence-corrected chi connectivity index (χ3v) is 1.86. The number of carbonyl (C=O) groups excluding carboxylic acids is 1. The van der Waals surface area contributed by atoms with E-state index in [0.29, 0.717) is 6.42 Å². The van der Waals surface area contributed by atoms with E-state index < -0.39 is 0 Å². The molecule has 0 aromatic heterocycles. The third-order valence-electron chi connectivity index (χ3n) is 1.86. The Balaban J connectivity index is 3.31. The van der Waals surface area contributed by atoms with Crippen molar-refractivity contribution in [1.29, 1.82) is 0 Å². The van der Waals surface area contributed by atoms with Gasteiger partial charge in [-0.3, -0.25) is 4.79 Å². The van der Waals surface area contributed by atoms with Crippen molar-refractivity contribution in [3.63, 3.8) is 0 Å². The van der Waals surface area contributed by atoms with Gasteiger partial charge in [-0.25, -0.2) is 0 Å². The molecule has 0 unspecified atom stereocenters. The smallest absolute Gasteiger partial charge is 0.236 e. The van der Waals surface area contributed by atoms with E-state index in [9.17, 15) is 4.79 Å². The first-order valence-corrected chi connectivity index (χ1v) is 4.75. The minimum absolute atomic E-state index is 0.0198. The lowest BCUT2D eigenvalue weighted by molar-refractivity contribution is -0.122. The summed E-state index contributed by atoms with van der Waals surface area (Å²) in [5.74, 6) is -0.0198. The summed E-state index contributed by atoms with van der Waals surface area (Å²) in [6.07, 6.45) is 4.11. The fourth-order valence-corrected chi connectivity index (χ4v) is 0.903. The second kappa shape index (κ2) is 7.10. The Morgan fingerprint density at radius 3 is 2.58 bits per heavy atom. The fraction of sp³-hybridized carbons (Fsp3) is 0.889.